The maximum atomic E-state index is 12.7. The van der Waals surface area contributed by atoms with Crippen LogP contribution < -0.4 is 5.32 Å². The molecule has 0 saturated carbocycles. The molecule has 1 aromatic carbocycles. The zero-order valence-corrected chi connectivity index (χ0v) is 17.1. The molecule has 1 fully saturated rings. The number of nitrogens with zero attached hydrogens (tertiary/aromatic N) is 3. The summed E-state index contributed by atoms with van der Waals surface area (Å²) in [5.41, 5.74) is 2.12. The molecule has 5 nitrogen and oxygen atoms in total. The lowest BCUT2D eigenvalue weighted by atomic mass is 10.0. The first-order valence-electron chi connectivity index (χ1n) is 9.87. The SMILES string of the molecule is OCc1ccc(CN2CCC(Nc3ncnc4sc(CC(F)(F)F)cc34)CC2)cc1. The number of aliphatic hydroxyl groups excluding tert-OH is 1. The minimum absolute atomic E-state index is 0.0511. The minimum Gasteiger partial charge on any atom is -0.392 e. The van der Waals surface area contributed by atoms with Gasteiger partial charge in [-0.3, -0.25) is 4.90 Å². The van der Waals surface area contributed by atoms with Crippen LogP contribution in [-0.2, 0) is 19.6 Å². The number of rotatable bonds is 6. The van der Waals surface area contributed by atoms with Gasteiger partial charge in [0, 0.05) is 30.6 Å². The number of halogens is 3. The molecule has 160 valence electrons. The second-order valence-electron chi connectivity index (χ2n) is 7.62. The van der Waals surface area contributed by atoms with Gasteiger partial charge in [0.15, 0.2) is 0 Å². The molecule has 0 bridgehead atoms. The van der Waals surface area contributed by atoms with Gasteiger partial charge in [-0.05, 0) is 30.0 Å². The molecule has 1 saturated heterocycles. The Morgan fingerprint density at radius 3 is 2.47 bits per heavy atom. The van der Waals surface area contributed by atoms with Gasteiger partial charge in [-0.1, -0.05) is 24.3 Å². The van der Waals surface area contributed by atoms with Crippen LogP contribution >= 0.6 is 11.3 Å². The third kappa shape index (κ3) is 5.27. The van der Waals surface area contributed by atoms with E-state index in [-0.39, 0.29) is 17.5 Å². The first-order valence-corrected chi connectivity index (χ1v) is 10.7. The van der Waals surface area contributed by atoms with E-state index in [4.69, 9.17) is 5.11 Å². The van der Waals surface area contributed by atoms with Gasteiger partial charge in [-0.2, -0.15) is 13.2 Å². The Hall–Kier alpha value is -2.23. The van der Waals surface area contributed by atoms with E-state index in [1.54, 1.807) is 6.07 Å². The Labute approximate surface area is 176 Å². The fourth-order valence-corrected chi connectivity index (χ4v) is 4.77. The Kier molecular flexibility index (Phi) is 6.21. The zero-order chi connectivity index (χ0) is 21.1. The Balaban J connectivity index is 1.36. The Morgan fingerprint density at radius 2 is 1.80 bits per heavy atom. The highest BCUT2D eigenvalue weighted by Gasteiger charge is 2.29. The van der Waals surface area contributed by atoms with E-state index in [9.17, 15) is 13.2 Å². The number of alkyl halides is 3. The van der Waals surface area contributed by atoms with Gasteiger partial charge in [0.25, 0.3) is 0 Å². The number of nitrogens with one attached hydrogen (secondary N) is 1. The molecule has 1 aliphatic rings. The molecule has 0 spiro atoms. The molecule has 30 heavy (non-hydrogen) atoms. The summed E-state index contributed by atoms with van der Waals surface area (Å²) in [5, 5.41) is 13.2. The summed E-state index contributed by atoms with van der Waals surface area (Å²) in [6.07, 6.45) is -1.90. The van der Waals surface area contributed by atoms with E-state index in [2.05, 4.69) is 20.2 Å². The largest absolute Gasteiger partial charge is 0.393 e. The second-order valence-corrected chi connectivity index (χ2v) is 8.73. The smallest absolute Gasteiger partial charge is 0.392 e. The fraction of sp³-hybridized carbons (Fsp3) is 0.429. The maximum Gasteiger partial charge on any atom is 0.393 e. The maximum absolute atomic E-state index is 12.7. The molecule has 0 atom stereocenters. The number of hydrogen-bond donors (Lipinski definition) is 2. The van der Waals surface area contributed by atoms with Crippen molar-refractivity contribution < 1.29 is 18.3 Å². The van der Waals surface area contributed by atoms with Crippen molar-refractivity contribution in [2.45, 2.75) is 44.6 Å². The number of likely N-dealkylation sites (tertiary alicyclic amines) is 1. The molecule has 0 amide bonds. The number of hydrogen-bond acceptors (Lipinski definition) is 6. The van der Waals surface area contributed by atoms with Crippen molar-refractivity contribution in [3.63, 3.8) is 0 Å². The number of benzene rings is 1. The zero-order valence-electron chi connectivity index (χ0n) is 16.3. The molecule has 2 N–H and O–H groups in total. The van der Waals surface area contributed by atoms with Gasteiger partial charge >= 0.3 is 6.18 Å². The highest BCUT2D eigenvalue weighted by Crippen LogP contribution is 2.33. The van der Waals surface area contributed by atoms with Crippen molar-refractivity contribution in [3.8, 4) is 0 Å². The van der Waals surface area contributed by atoms with Crippen molar-refractivity contribution in [1.82, 2.24) is 14.9 Å². The summed E-state index contributed by atoms with van der Waals surface area (Å²) in [6.45, 7) is 2.77. The average molecular weight is 437 g/mol. The summed E-state index contributed by atoms with van der Waals surface area (Å²) < 4.78 is 38.1. The second kappa shape index (κ2) is 8.87. The van der Waals surface area contributed by atoms with Gasteiger partial charge in [0.05, 0.1) is 18.4 Å². The van der Waals surface area contributed by atoms with Crippen molar-refractivity contribution in [1.29, 1.82) is 0 Å². The minimum atomic E-state index is -4.23. The van der Waals surface area contributed by atoms with E-state index < -0.39 is 12.6 Å². The summed E-state index contributed by atoms with van der Waals surface area (Å²) >= 11 is 1.07. The molecule has 4 rings (SSSR count). The van der Waals surface area contributed by atoms with E-state index in [0.29, 0.717) is 16.0 Å². The van der Waals surface area contributed by atoms with Gasteiger partial charge < -0.3 is 10.4 Å². The first kappa shape index (κ1) is 21.0. The van der Waals surface area contributed by atoms with Crippen molar-refractivity contribution >= 4 is 27.4 Å². The predicted molar refractivity (Wildman–Crippen MR) is 111 cm³/mol. The lowest BCUT2D eigenvalue weighted by Crippen LogP contribution is -2.38. The summed E-state index contributed by atoms with van der Waals surface area (Å²) in [7, 11) is 0. The van der Waals surface area contributed by atoms with Crippen molar-refractivity contribution in [2.75, 3.05) is 18.4 Å². The molecule has 3 aromatic rings. The van der Waals surface area contributed by atoms with Crippen LogP contribution in [0.3, 0.4) is 0 Å². The van der Waals surface area contributed by atoms with Crippen LogP contribution in [0.4, 0.5) is 19.0 Å². The number of aromatic nitrogens is 2. The molecule has 9 heteroatoms. The lowest BCUT2D eigenvalue weighted by molar-refractivity contribution is -0.126. The molecule has 0 radical (unpaired) electrons. The predicted octanol–water partition coefficient (Wildman–Crippen LogP) is 4.36. The Morgan fingerprint density at radius 1 is 1.10 bits per heavy atom. The Bertz CT molecular complexity index is 982. The van der Waals surface area contributed by atoms with Gasteiger partial charge in [-0.15, -0.1) is 11.3 Å². The van der Waals surface area contributed by atoms with E-state index in [0.717, 1.165) is 49.4 Å². The molecule has 2 aromatic heterocycles. The number of aliphatic hydroxyl groups is 1. The standard InChI is InChI=1S/C21H23F3N4OS/c22-21(23,24)10-17-9-18-19(25-13-26-20(18)30-17)27-16-5-7-28(8-6-16)11-14-1-3-15(12-29)4-2-14/h1-4,9,13,16,29H,5-8,10-12H2,(H,25,26,27). The van der Waals surface area contributed by atoms with Crippen molar-refractivity contribution in [2.24, 2.45) is 0 Å². The third-order valence-corrected chi connectivity index (χ3v) is 6.34. The lowest BCUT2D eigenvalue weighted by Gasteiger charge is -2.32. The van der Waals surface area contributed by atoms with E-state index in [1.165, 1.54) is 11.9 Å². The molecule has 0 aliphatic carbocycles. The average Bonchev–Trinajstić information content (AvgIpc) is 3.12. The number of thiophene rings is 1. The summed E-state index contributed by atoms with van der Waals surface area (Å²) in [5.74, 6) is 0.614. The van der Waals surface area contributed by atoms with Crippen LogP contribution in [0.15, 0.2) is 36.7 Å². The van der Waals surface area contributed by atoms with Crippen LogP contribution in [0.25, 0.3) is 10.2 Å². The van der Waals surface area contributed by atoms with Gasteiger partial charge in [0.2, 0.25) is 0 Å². The monoisotopic (exact) mass is 436 g/mol. The van der Waals surface area contributed by atoms with E-state index in [1.807, 2.05) is 24.3 Å². The third-order valence-electron chi connectivity index (χ3n) is 5.30. The van der Waals surface area contributed by atoms with Crippen molar-refractivity contribution in [3.05, 3.63) is 52.7 Å². The van der Waals surface area contributed by atoms with Gasteiger partial charge in [-0.25, -0.2) is 9.97 Å². The number of fused-ring (bicyclic) bond motifs is 1. The quantitative estimate of drug-likeness (QED) is 0.601. The summed E-state index contributed by atoms with van der Waals surface area (Å²) in [6, 6.07) is 9.75. The van der Waals surface area contributed by atoms with Crippen LogP contribution in [0, 0.1) is 0 Å². The summed E-state index contributed by atoms with van der Waals surface area (Å²) in [4.78, 5) is 11.6. The number of anilines is 1. The molecule has 3 heterocycles. The van der Waals surface area contributed by atoms with Crippen LogP contribution in [0.5, 0.6) is 0 Å². The van der Waals surface area contributed by atoms with Crippen LogP contribution in [-0.4, -0.2) is 45.3 Å². The highest BCUT2D eigenvalue weighted by atomic mass is 32.1. The first-order chi connectivity index (χ1) is 14.4. The molecular formula is C21H23F3N4OS. The fourth-order valence-electron chi connectivity index (χ4n) is 3.74. The topological polar surface area (TPSA) is 61.3 Å². The molecule has 0 unspecified atom stereocenters. The molecule has 1 aliphatic heterocycles. The number of piperidine rings is 1. The van der Waals surface area contributed by atoms with Gasteiger partial charge in [0.1, 0.15) is 17.0 Å². The highest BCUT2D eigenvalue weighted by molar-refractivity contribution is 7.18. The normalized spacial score (nSPS) is 16.3. The van der Waals surface area contributed by atoms with E-state index >= 15 is 0 Å². The van der Waals surface area contributed by atoms with Crippen LogP contribution in [0.2, 0.25) is 0 Å². The molecular weight excluding hydrogens is 413 g/mol. The van der Waals surface area contributed by atoms with Crippen LogP contribution in [0.1, 0.15) is 28.8 Å².